The summed E-state index contributed by atoms with van der Waals surface area (Å²) in [6.07, 6.45) is 1.02. The van der Waals surface area contributed by atoms with E-state index in [0.29, 0.717) is 4.47 Å². The number of pyridine rings is 1. The van der Waals surface area contributed by atoms with Crippen molar-refractivity contribution in [1.82, 2.24) is 4.98 Å². The molecule has 0 aliphatic rings. The van der Waals surface area contributed by atoms with E-state index in [4.69, 9.17) is 0 Å². The maximum absolute atomic E-state index is 13.3. The smallest absolute Gasteiger partial charge is 0.254 e. The highest BCUT2D eigenvalue weighted by Gasteiger charge is 2.20. The first-order chi connectivity index (χ1) is 9.90. The molecule has 0 aliphatic carbocycles. The van der Waals surface area contributed by atoms with Gasteiger partial charge < -0.3 is 5.11 Å². The van der Waals surface area contributed by atoms with Crippen LogP contribution < -0.4 is 5.43 Å². The van der Waals surface area contributed by atoms with Crippen LogP contribution in [0.5, 0.6) is 5.75 Å². The van der Waals surface area contributed by atoms with Gasteiger partial charge in [-0.3, -0.25) is 5.43 Å². The maximum atomic E-state index is 13.3. The van der Waals surface area contributed by atoms with Gasteiger partial charge in [0.25, 0.3) is 11.9 Å². The van der Waals surface area contributed by atoms with Gasteiger partial charge in [-0.15, -0.1) is 0 Å². The SMILES string of the molecule is Oc1ccc(Br)cc1/C=N/Nc1c(F)c(F)nc(F)c1F. The van der Waals surface area contributed by atoms with Gasteiger partial charge in [-0.2, -0.15) is 27.6 Å². The van der Waals surface area contributed by atoms with Gasteiger partial charge in [-0.05, 0) is 18.2 Å². The Bertz CT molecular complexity index is 698. The number of halogens is 5. The van der Waals surface area contributed by atoms with E-state index in [-0.39, 0.29) is 11.3 Å². The van der Waals surface area contributed by atoms with Crippen LogP contribution in [0.2, 0.25) is 0 Å². The number of benzene rings is 1. The summed E-state index contributed by atoms with van der Waals surface area (Å²) in [5, 5.41) is 12.9. The van der Waals surface area contributed by atoms with E-state index < -0.39 is 29.2 Å². The molecule has 0 amide bonds. The van der Waals surface area contributed by atoms with Crippen LogP contribution in [0.1, 0.15) is 5.56 Å². The van der Waals surface area contributed by atoms with Crippen LogP contribution in [-0.2, 0) is 0 Å². The number of phenolic OH excluding ortho intramolecular Hbond substituents is 1. The number of aromatic nitrogens is 1. The number of phenols is 1. The van der Waals surface area contributed by atoms with Crippen LogP contribution in [0.3, 0.4) is 0 Å². The predicted octanol–water partition coefficient (Wildman–Crippen LogP) is 3.55. The lowest BCUT2D eigenvalue weighted by atomic mass is 10.2. The van der Waals surface area contributed by atoms with E-state index in [0.717, 1.165) is 6.21 Å². The Labute approximate surface area is 124 Å². The van der Waals surface area contributed by atoms with Crippen molar-refractivity contribution in [2.45, 2.75) is 0 Å². The highest BCUT2D eigenvalue weighted by atomic mass is 79.9. The third-order valence-electron chi connectivity index (χ3n) is 2.37. The van der Waals surface area contributed by atoms with Gasteiger partial charge in [-0.25, -0.2) is 0 Å². The third-order valence-corrected chi connectivity index (χ3v) is 2.86. The molecule has 9 heteroatoms. The summed E-state index contributed by atoms with van der Waals surface area (Å²) >= 11 is 3.15. The third kappa shape index (κ3) is 3.30. The first-order valence-electron chi connectivity index (χ1n) is 5.37. The molecule has 0 saturated carbocycles. The number of nitrogens with zero attached hydrogens (tertiary/aromatic N) is 2. The van der Waals surface area contributed by atoms with Crippen molar-refractivity contribution < 1.29 is 22.7 Å². The topological polar surface area (TPSA) is 57.5 Å². The van der Waals surface area contributed by atoms with Crippen molar-refractivity contribution in [2.75, 3.05) is 5.43 Å². The largest absolute Gasteiger partial charge is 0.507 e. The second-order valence-electron chi connectivity index (χ2n) is 3.77. The molecule has 0 radical (unpaired) electrons. The minimum absolute atomic E-state index is 0.142. The zero-order chi connectivity index (χ0) is 15.6. The predicted molar refractivity (Wildman–Crippen MR) is 71.1 cm³/mol. The fourth-order valence-corrected chi connectivity index (χ4v) is 1.76. The van der Waals surface area contributed by atoms with Crippen LogP contribution in [0.4, 0.5) is 23.2 Å². The Hall–Kier alpha value is -2.16. The zero-order valence-electron chi connectivity index (χ0n) is 10.0. The summed E-state index contributed by atoms with van der Waals surface area (Å²) in [4.78, 5) is 2.40. The minimum Gasteiger partial charge on any atom is -0.507 e. The average molecular weight is 364 g/mol. The number of aromatic hydroxyl groups is 1. The molecule has 1 heterocycles. The zero-order valence-corrected chi connectivity index (χ0v) is 11.6. The second kappa shape index (κ2) is 6.08. The monoisotopic (exact) mass is 363 g/mol. The number of anilines is 1. The molecule has 2 N–H and O–H groups in total. The normalized spacial score (nSPS) is 11.1. The van der Waals surface area contributed by atoms with Gasteiger partial charge in [0.2, 0.25) is 11.6 Å². The molecule has 4 nitrogen and oxygen atoms in total. The van der Waals surface area contributed by atoms with Gasteiger partial charge in [0.15, 0.2) is 0 Å². The highest BCUT2D eigenvalue weighted by molar-refractivity contribution is 9.10. The summed E-state index contributed by atoms with van der Waals surface area (Å²) in [6.45, 7) is 0. The molecule has 0 unspecified atom stereocenters. The van der Waals surface area contributed by atoms with Gasteiger partial charge in [0, 0.05) is 10.0 Å². The van der Waals surface area contributed by atoms with Gasteiger partial charge >= 0.3 is 0 Å². The molecule has 1 aromatic carbocycles. The van der Waals surface area contributed by atoms with E-state index in [2.05, 4.69) is 26.0 Å². The molecule has 21 heavy (non-hydrogen) atoms. The quantitative estimate of drug-likeness (QED) is 0.379. The van der Waals surface area contributed by atoms with Gasteiger partial charge in [0.1, 0.15) is 11.4 Å². The lowest BCUT2D eigenvalue weighted by Crippen LogP contribution is -2.05. The molecule has 2 aromatic rings. The van der Waals surface area contributed by atoms with E-state index in [9.17, 15) is 22.7 Å². The van der Waals surface area contributed by atoms with Crippen molar-refractivity contribution in [3.63, 3.8) is 0 Å². The van der Waals surface area contributed by atoms with Crippen molar-refractivity contribution in [3.8, 4) is 5.75 Å². The molecule has 0 aliphatic heterocycles. The van der Waals surface area contributed by atoms with E-state index in [1.807, 2.05) is 5.43 Å². The fraction of sp³-hybridized carbons (Fsp3) is 0. The number of rotatable bonds is 3. The minimum atomic E-state index is -1.79. The van der Waals surface area contributed by atoms with E-state index in [1.54, 1.807) is 6.07 Å². The average Bonchev–Trinajstić information content (AvgIpc) is 2.44. The highest BCUT2D eigenvalue weighted by Crippen LogP contribution is 2.23. The molecule has 0 spiro atoms. The van der Waals surface area contributed by atoms with E-state index >= 15 is 0 Å². The molecule has 0 fully saturated rings. The Morgan fingerprint density at radius 3 is 2.38 bits per heavy atom. The maximum Gasteiger partial charge on any atom is 0.254 e. The summed E-state index contributed by atoms with van der Waals surface area (Å²) in [7, 11) is 0. The first-order valence-corrected chi connectivity index (χ1v) is 6.17. The second-order valence-corrected chi connectivity index (χ2v) is 4.69. The van der Waals surface area contributed by atoms with Crippen molar-refractivity contribution in [2.24, 2.45) is 5.10 Å². The Morgan fingerprint density at radius 2 is 1.76 bits per heavy atom. The summed E-state index contributed by atoms with van der Waals surface area (Å²) < 4.78 is 52.9. The van der Waals surface area contributed by atoms with Gasteiger partial charge in [0.05, 0.1) is 6.21 Å². The Balaban J connectivity index is 2.28. The Kier molecular flexibility index (Phi) is 4.41. The standard InChI is InChI=1S/C12H6BrF4N3O/c13-6-1-2-7(21)5(3-6)4-18-20-10-8(14)11(16)19-12(17)9(10)15/h1-4,21H,(H,19,20)/b18-4+. The molecule has 1 aromatic heterocycles. The lowest BCUT2D eigenvalue weighted by molar-refractivity contribution is 0.411. The fourth-order valence-electron chi connectivity index (χ4n) is 1.38. The molecular weight excluding hydrogens is 358 g/mol. The van der Waals surface area contributed by atoms with Crippen LogP contribution in [0.15, 0.2) is 27.8 Å². The van der Waals surface area contributed by atoms with Crippen molar-refractivity contribution in [3.05, 3.63) is 51.8 Å². The molecule has 2 rings (SSSR count). The van der Waals surface area contributed by atoms with Crippen molar-refractivity contribution >= 4 is 27.8 Å². The number of hydrogen-bond acceptors (Lipinski definition) is 4. The molecule has 0 atom stereocenters. The summed E-state index contributed by atoms with van der Waals surface area (Å²) in [5.41, 5.74) is 0.927. The molecule has 0 bridgehead atoms. The molecule has 0 saturated heterocycles. The number of hydrazone groups is 1. The van der Waals surface area contributed by atoms with Gasteiger partial charge in [-0.1, -0.05) is 15.9 Å². The van der Waals surface area contributed by atoms with Crippen molar-refractivity contribution in [1.29, 1.82) is 0 Å². The number of nitrogens with one attached hydrogen (secondary N) is 1. The molecular formula is C12H6BrF4N3O. The van der Waals surface area contributed by atoms with E-state index in [1.165, 1.54) is 12.1 Å². The van der Waals surface area contributed by atoms with Crippen LogP contribution in [0.25, 0.3) is 0 Å². The van der Waals surface area contributed by atoms with Crippen LogP contribution in [-0.4, -0.2) is 16.3 Å². The van der Waals surface area contributed by atoms with Crippen LogP contribution in [0, 0.1) is 23.5 Å². The summed E-state index contributed by atoms with van der Waals surface area (Å²) in [5.74, 6) is -7.14. The number of hydrogen-bond donors (Lipinski definition) is 2. The summed E-state index contributed by atoms with van der Waals surface area (Å²) in [6, 6.07) is 4.40. The van der Waals surface area contributed by atoms with Crippen LogP contribution >= 0.6 is 15.9 Å². The first kappa shape index (κ1) is 15.2. The molecule has 110 valence electrons. The Morgan fingerprint density at radius 1 is 1.14 bits per heavy atom. The lowest BCUT2D eigenvalue weighted by Gasteiger charge is -2.05.